The highest BCUT2D eigenvalue weighted by molar-refractivity contribution is 6.78. The molecule has 2 rings (SSSR count). The minimum Gasteiger partial charge on any atom is -0.543 e. The fourth-order valence-corrected chi connectivity index (χ4v) is 9.57. The lowest BCUT2D eigenvalue weighted by molar-refractivity contribution is 0.480. The average Bonchev–Trinajstić information content (AvgIpc) is 2.51. The van der Waals surface area contributed by atoms with Gasteiger partial charge in [0.15, 0.2) is 0 Å². The summed E-state index contributed by atoms with van der Waals surface area (Å²) in [6.07, 6.45) is 0.700. The monoisotopic (exact) mass is 346 g/mol. The van der Waals surface area contributed by atoms with Gasteiger partial charge in [-0.2, -0.15) is 0 Å². The zero-order valence-corrected chi connectivity index (χ0v) is 17.1. The first kappa shape index (κ1) is 19.0. The molecule has 0 saturated carbocycles. The summed E-state index contributed by atoms with van der Waals surface area (Å²) >= 11 is 0. The Bertz CT molecular complexity index is 685. The summed E-state index contributed by atoms with van der Waals surface area (Å²) in [6, 6.07) is 9.56. The van der Waals surface area contributed by atoms with E-state index in [0.29, 0.717) is 23.0 Å². The van der Waals surface area contributed by atoms with Gasteiger partial charge in [0.05, 0.1) is 0 Å². The highest BCUT2D eigenvalue weighted by atomic mass is 28.4. The van der Waals surface area contributed by atoms with E-state index in [9.17, 15) is 4.39 Å². The molecule has 0 spiro atoms. The Morgan fingerprint density at radius 2 is 1.50 bits per heavy atom. The van der Waals surface area contributed by atoms with E-state index >= 15 is 0 Å². The third kappa shape index (κ3) is 3.23. The van der Waals surface area contributed by atoms with Crippen LogP contribution in [-0.4, -0.2) is 8.32 Å². The van der Waals surface area contributed by atoms with Crippen LogP contribution in [0.3, 0.4) is 0 Å². The molecule has 0 aliphatic heterocycles. The van der Waals surface area contributed by atoms with Crippen molar-refractivity contribution in [2.45, 2.75) is 71.5 Å². The van der Waals surface area contributed by atoms with Gasteiger partial charge in [-0.25, -0.2) is 4.39 Å². The predicted octanol–water partition coefficient (Wildman–Crippen LogP) is 7.10. The van der Waals surface area contributed by atoms with Crippen LogP contribution in [-0.2, 0) is 6.42 Å². The Morgan fingerprint density at radius 1 is 0.917 bits per heavy atom. The van der Waals surface area contributed by atoms with E-state index in [-0.39, 0.29) is 5.82 Å². The maximum Gasteiger partial charge on any atom is 0.258 e. The van der Waals surface area contributed by atoms with Crippen LogP contribution in [0.5, 0.6) is 5.75 Å². The van der Waals surface area contributed by atoms with E-state index in [1.54, 1.807) is 6.07 Å². The van der Waals surface area contributed by atoms with Crippen LogP contribution in [0.4, 0.5) is 4.39 Å². The van der Waals surface area contributed by atoms with Crippen LogP contribution >= 0.6 is 0 Å². The number of hydrogen-bond donors (Lipinski definition) is 0. The Morgan fingerprint density at radius 3 is 2.00 bits per heavy atom. The molecule has 1 nitrogen and oxygen atoms in total. The number of benzene rings is 2. The highest BCUT2D eigenvalue weighted by Crippen LogP contribution is 2.43. The molecule has 0 aliphatic rings. The number of rotatable bonds is 6. The Labute approximate surface area is 147 Å². The van der Waals surface area contributed by atoms with Crippen molar-refractivity contribution in [3.05, 3.63) is 41.7 Å². The number of halogens is 1. The molecule has 0 atom stereocenters. The zero-order chi connectivity index (χ0) is 18.1. The molecular formula is C21H31FOSi. The van der Waals surface area contributed by atoms with Gasteiger partial charge in [-0.15, -0.1) is 0 Å². The van der Waals surface area contributed by atoms with E-state index < -0.39 is 8.32 Å². The fourth-order valence-electron chi connectivity index (χ4n) is 4.33. The van der Waals surface area contributed by atoms with Crippen molar-refractivity contribution >= 4 is 19.1 Å². The molecular weight excluding hydrogens is 315 g/mol. The number of fused-ring (bicyclic) bond motifs is 1. The van der Waals surface area contributed by atoms with E-state index in [1.165, 1.54) is 0 Å². The molecule has 0 saturated heterocycles. The molecule has 2 aromatic rings. The van der Waals surface area contributed by atoms with Gasteiger partial charge < -0.3 is 4.43 Å². The van der Waals surface area contributed by atoms with E-state index in [2.05, 4.69) is 47.6 Å². The van der Waals surface area contributed by atoms with Gasteiger partial charge in [-0.1, -0.05) is 60.6 Å². The zero-order valence-electron chi connectivity index (χ0n) is 16.1. The van der Waals surface area contributed by atoms with Crippen LogP contribution in [0.25, 0.3) is 10.8 Å². The van der Waals surface area contributed by atoms with Crippen molar-refractivity contribution in [1.29, 1.82) is 0 Å². The van der Waals surface area contributed by atoms with Crippen molar-refractivity contribution < 1.29 is 8.82 Å². The van der Waals surface area contributed by atoms with Crippen LogP contribution in [0.2, 0.25) is 16.6 Å². The lowest BCUT2D eigenvalue weighted by Gasteiger charge is -2.42. The first-order valence-electron chi connectivity index (χ1n) is 9.14. The lowest BCUT2D eigenvalue weighted by Crippen LogP contribution is -2.50. The van der Waals surface area contributed by atoms with Crippen LogP contribution < -0.4 is 4.43 Å². The minimum atomic E-state index is -1.96. The summed E-state index contributed by atoms with van der Waals surface area (Å²) < 4.78 is 20.7. The van der Waals surface area contributed by atoms with Gasteiger partial charge in [0.25, 0.3) is 8.32 Å². The molecule has 0 amide bonds. The summed E-state index contributed by atoms with van der Waals surface area (Å²) in [6.45, 7) is 15.7. The SMILES string of the molecule is CCc1c(F)ccc2cc(O[Si](C(C)C)(C(C)C)C(C)C)ccc12. The van der Waals surface area contributed by atoms with Gasteiger partial charge in [-0.05, 0) is 57.6 Å². The minimum absolute atomic E-state index is 0.117. The molecule has 132 valence electrons. The standard InChI is InChI=1S/C21H31FOSi/c1-8-19-20-11-10-18(13-17(20)9-12-21(19)22)23-24(14(2)3,15(4)5)16(6)7/h9-16H,8H2,1-7H3. The second-order valence-electron chi connectivity index (χ2n) is 7.68. The van der Waals surface area contributed by atoms with Gasteiger partial charge in [0.1, 0.15) is 11.6 Å². The summed E-state index contributed by atoms with van der Waals surface area (Å²) in [4.78, 5) is 0. The number of aryl methyl sites for hydroxylation is 1. The molecule has 3 heteroatoms. The maximum absolute atomic E-state index is 14.0. The highest BCUT2D eigenvalue weighted by Gasteiger charge is 2.46. The van der Waals surface area contributed by atoms with Gasteiger partial charge in [-0.3, -0.25) is 0 Å². The molecule has 0 aliphatic carbocycles. The maximum atomic E-state index is 14.0. The second-order valence-corrected chi connectivity index (χ2v) is 13.1. The van der Waals surface area contributed by atoms with Crippen LogP contribution in [0, 0.1) is 5.82 Å². The molecule has 0 heterocycles. The van der Waals surface area contributed by atoms with Crippen molar-refractivity contribution in [2.24, 2.45) is 0 Å². The largest absolute Gasteiger partial charge is 0.543 e. The average molecular weight is 347 g/mol. The molecule has 0 aromatic heterocycles. The normalized spacial score (nSPS) is 12.6. The topological polar surface area (TPSA) is 9.23 Å². The molecule has 0 radical (unpaired) electrons. The molecule has 24 heavy (non-hydrogen) atoms. The predicted molar refractivity (Wildman–Crippen MR) is 105 cm³/mol. The summed E-state index contributed by atoms with van der Waals surface area (Å²) in [5, 5.41) is 2.06. The molecule has 2 aromatic carbocycles. The van der Waals surface area contributed by atoms with Gasteiger partial charge in [0, 0.05) is 0 Å². The summed E-state index contributed by atoms with van der Waals surface area (Å²) in [5.41, 5.74) is 2.40. The van der Waals surface area contributed by atoms with Crippen molar-refractivity contribution in [2.75, 3.05) is 0 Å². The molecule has 0 unspecified atom stereocenters. The van der Waals surface area contributed by atoms with E-state index in [4.69, 9.17) is 4.43 Å². The molecule has 0 bridgehead atoms. The van der Waals surface area contributed by atoms with Gasteiger partial charge in [0.2, 0.25) is 0 Å². The van der Waals surface area contributed by atoms with Crippen molar-refractivity contribution in [3.8, 4) is 5.75 Å². The molecule has 0 fully saturated rings. The Kier molecular flexibility index (Phi) is 5.74. The van der Waals surface area contributed by atoms with Crippen molar-refractivity contribution in [3.63, 3.8) is 0 Å². The second kappa shape index (κ2) is 7.26. The van der Waals surface area contributed by atoms with E-state index in [0.717, 1.165) is 22.1 Å². The van der Waals surface area contributed by atoms with Crippen LogP contribution in [0.1, 0.15) is 54.0 Å². The summed E-state index contributed by atoms with van der Waals surface area (Å²) in [7, 11) is -1.96. The Hall–Kier alpha value is -1.35. The smallest absolute Gasteiger partial charge is 0.258 e. The van der Waals surface area contributed by atoms with Gasteiger partial charge >= 0.3 is 0 Å². The lowest BCUT2D eigenvalue weighted by atomic mass is 10.0. The van der Waals surface area contributed by atoms with Crippen molar-refractivity contribution in [1.82, 2.24) is 0 Å². The Balaban J connectivity index is 2.51. The van der Waals surface area contributed by atoms with E-state index in [1.807, 2.05) is 25.1 Å². The third-order valence-electron chi connectivity index (χ3n) is 5.40. The first-order chi connectivity index (χ1) is 11.2. The number of hydrogen-bond acceptors (Lipinski definition) is 1. The summed E-state index contributed by atoms with van der Waals surface area (Å²) in [5.74, 6) is 0.813. The first-order valence-corrected chi connectivity index (χ1v) is 11.3. The molecule has 0 N–H and O–H groups in total. The fraction of sp³-hybridized carbons (Fsp3) is 0.524. The quantitative estimate of drug-likeness (QED) is 0.507. The third-order valence-corrected chi connectivity index (χ3v) is 11.4. The van der Waals surface area contributed by atoms with Crippen LogP contribution in [0.15, 0.2) is 30.3 Å².